The highest BCUT2D eigenvalue weighted by molar-refractivity contribution is 5.31. The van der Waals surface area contributed by atoms with Gasteiger partial charge in [-0.15, -0.1) is 0 Å². The number of aromatic nitrogens is 1. The van der Waals surface area contributed by atoms with E-state index in [1.165, 1.54) is 5.56 Å². The van der Waals surface area contributed by atoms with Crippen LogP contribution in [0.4, 0.5) is 0 Å². The Labute approximate surface area is 102 Å². The fraction of sp³-hybridized carbons (Fsp3) is 0.357. The molecule has 0 aliphatic rings. The van der Waals surface area contributed by atoms with Crippen LogP contribution in [0.1, 0.15) is 35.6 Å². The average molecular weight is 230 g/mol. The summed E-state index contributed by atoms with van der Waals surface area (Å²) in [5.41, 5.74) is 2.38. The first-order valence-corrected chi connectivity index (χ1v) is 5.92. The van der Waals surface area contributed by atoms with Crippen molar-refractivity contribution in [3.63, 3.8) is 0 Å². The van der Waals surface area contributed by atoms with Gasteiger partial charge in [-0.1, -0.05) is 6.92 Å². The Morgan fingerprint density at radius 3 is 2.76 bits per heavy atom. The van der Waals surface area contributed by atoms with Crippen molar-refractivity contribution in [3.05, 3.63) is 53.2 Å². The van der Waals surface area contributed by atoms with Crippen LogP contribution in [-0.2, 0) is 6.42 Å². The molecular weight excluding hydrogens is 212 g/mol. The first kappa shape index (κ1) is 11.9. The van der Waals surface area contributed by atoms with Gasteiger partial charge in [-0.2, -0.15) is 0 Å². The van der Waals surface area contributed by atoms with Crippen molar-refractivity contribution >= 4 is 0 Å². The molecule has 1 N–H and O–H groups in total. The maximum Gasteiger partial charge on any atom is 0.125 e. The van der Waals surface area contributed by atoms with Crippen LogP contribution in [-0.4, -0.2) is 12.0 Å². The van der Waals surface area contributed by atoms with Gasteiger partial charge in [0.15, 0.2) is 0 Å². The standard InChI is InChI=1S/C14H18N2O/c1-4-11-5-6-13(17-11)14(15-3)12-9-16-8-7-10(12)2/h5-9,14-15H,4H2,1-3H3. The lowest BCUT2D eigenvalue weighted by Crippen LogP contribution is -2.18. The minimum absolute atomic E-state index is 0.0731. The number of hydrogen-bond acceptors (Lipinski definition) is 3. The number of rotatable bonds is 4. The Morgan fingerprint density at radius 2 is 2.18 bits per heavy atom. The highest BCUT2D eigenvalue weighted by Crippen LogP contribution is 2.25. The lowest BCUT2D eigenvalue weighted by Gasteiger charge is -2.15. The molecule has 0 aromatic carbocycles. The van der Waals surface area contributed by atoms with Crippen LogP contribution >= 0.6 is 0 Å². The Balaban J connectivity index is 2.36. The quantitative estimate of drug-likeness (QED) is 0.877. The summed E-state index contributed by atoms with van der Waals surface area (Å²) in [4.78, 5) is 4.19. The van der Waals surface area contributed by atoms with E-state index in [0.29, 0.717) is 0 Å². The highest BCUT2D eigenvalue weighted by Gasteiger charge is 2.17. The first-order chi connectivity index (χ1) is 8.26. The second-order valence-electron chi connectivity index (χ2n) is 4.11. The molecule has 2 heterocycles. The zero-order valence-electron chi connectivity index (χ0n) is 10.5. The monoisotopic (exact) mass is 230 g/mol. The minimum Gasteiger partial charge on any atom is -0.464 e. The van der Waals surface area contributed by atoms with Gasteiger partial charge in [0.1, 0.15) is 11.5 Å². The van der Waals surface area contributed by atoms with E-state index in [2.05, 4.69) is 24.1 Å². The molecule has 90 valence electrons. The first-order valence-electron chi connectivity index (χ1n) is 5.92. The van der Waals surface area contributed by atoms with Gasteiger partial charge in [0.2, 0.25) is 0 Å². The molecule has 2 aromatic rings. The summed E-state index contributed by atoms with van der Waals surface area (Å²) in [6.07, 6.45) is 4.62. The Hall–Kier alpha value is -1.61. The second kappa shape index (κ2) is 5.15. The molecule has 0 radical (unpaired) electrons. The fourth-order valence-electron chi connectivity index (χ4n) is 1.97. The van der Waals surface area contributed by atoms with Crippen molar-refractivity contribution < 1.29 is 4.42 Å². The van der Waals surface area contributed by atoms with Crippen molar-refractivity contribution in [2.45, 2.75) is 26.3 Å². The summed E-state index contributed by atoms with van der Waals surface area (Å²) < 4.78 is 5.80. The van der Waals surface area contributed by atoms with Crippen LogP contribution in [0.15, 0.2) is 35.0 Å². The SMILES string of the molecule is CCc1ccc(C(NC)c2cnccc2C)o1. The maximum absolute atomic E-state index is 5.80. The topological polar surface area (TPSA) is 38.1 Å². The Morgan fingerprint density at radius 1 is 1.35 bits per heavy atom. The van der Waals surface area contributed by atoms with Gasteiger partial charge in [-0.05, 0) is 43.3 Å². The van der Waals surface area contributed by atoms with Crippen LogP contribution in [0.5, 0.6) is 0 Å². The molecule has 2 rings (SSSR count). The lowest BCUT2D eigenvalue weighted by molar-refractivity contribution is 0.433. The predicted octanol–water partition coefficient (Wildman–Crippen LogP) is 2.85. The smallest absolute Gasteiger partial charge is 0.125 e. The highest BCUT2D eigenvalue weighted by atomic mass is 16.3. The van der Waals surface area contributed by atoms with Gasteiger partial charge >= 0.3 is 0 Å². The molecule has 0 spiro atoms. The average Bonchev–Trinajstić information content (AvgIpc) is 2.81. The third-order valence-corrected chi connectivity index (χ3v) is 2.99. The number of hydrogen-bond donors (Lipinski definition) is 1. The minimum atomic E-state index is 0.0731. The molecule has 3 heteroatoms. The van der Waals surface area contributed by atoms with Gasteiger partial charge < -0.3 is 9.73 Å². The van der Waals surface area contributed by atoms with E-state index >= 15 is 0 Å². The molecule has 0 saturated carbocycles. The van der Waals surface area contributed by atoms with Crippen LogP contribution in [0, 0.1) is 6.92 Å². The molecule has 1 atom stereocenters. The molecule has 17 heavy (non-hydrogen) atoms. The summed E-state index contributed by atoms with van der Waals surface area (Å²) in [6, 6.07) is 6.16. The number of pyridine rings is 1. The van der Waals surface area contributed by atoms with E-state index in [4.69, 9.17) is 4.42 Å². The number of nitrogens with zero attached hydrogens (tertiary/aromatic N) is 1. The fourth-order valence-corrected chi connectivity index (χ4v) is 1.97. The summed E-state index contributed by atoms with van der Waals surface area (Å²) in [5.74, 6) is 1.96. The van der Waals surface area contributed by atoms with E-state index in [0.717, 1.165) is 23.5 Å². The third-order valence-electron chi connectivity index (χ3n) is 2.99. The molecule has 1 unspecified atom stereocenters. The number of nitrogens with one attached hydrogen (secondary N) is 1. The largest absolute Gasteiger partial charge is 0.464 e. The van der Waals surface area contributed by atoms with Gasteiger partial charge in [0, 0.05) is 18.8 Å². The van der Waals surface area contributed by atoms with E-state index in [9.17, 15) is 0 Å². The van der Waals surface area contributed by atoms with Crippen molar-refractivity contribution in [2.75, 3.05) is 7.05 Å². The van der Waals surface area contributed by atoms with E-state index in [-0.39, 0.29) is 6.04 Å². The lowest BCUT2D eigenvalue weighted by atomic mass is 10.0. The Bertz CT molecular complexity index is 490. The number of furan rings is 1. The zero-order chi connectivity index (χ0) is 12.3. The van der Waals surface area contributed by atoms with Crippen LogP contribution in [0.2, 0.25) is 0 Å². The molecule has 2 aromatic heterocycles. The molecule has 0 bridgehead atoms. The second-order valence-corrected chi connectivity index (χ2v) is 4.11. The normalized spacial score (nSPS) is 12.6. The molecule has 0 fully saturated rings. The van der Waals surface area contributed by atoms with Gasteiger partial charge in [-0.3, -0.25) is 4.98 Å². The van der Waals surface area contributed by atoms with E-state index < -0.39 is 0 Å². The number of aryl methyl sites for hydroxylation is 2. The van der Waals surface area contributed by atoms with Crippen molar-refractivity contribution in [1.82, 2.24) is 10.3 Å². The zero-order valence-corrected chi connectivity index (χ0v) is 10.5. The third kappa shape index (κ3) is 2.39. The molecule has 3 nitrogen and oxygen atoms in total. The maximum atomic E-state index is 5.80. The summed E-state index contributed by atoms with van der Waals surface area (Å²) in [5, 5.41) is 3.28. The predicted molar refractivity (Wildman–Crippen MR) is 68.0 cm³/mol. The summed E-state index contributed by atoms with van der Waals surface area (Å²) in [6.45, 7) is 4.18. The van der Waals surface area contributed by atoms with Crippen molar-refractivity contribution in [1.29, 1.82) is 0 Å². The van der Waals surface area contributed by atoms with Crippen molar-refractivity contribution in [3.8, 4) is 0 Å². The van der Waals surface area contributed by atoms with Gasteiger partial charge in [0.05, 0.1) is 6.04 Å². The molecule has 0 saturated heterocycles. The Kier molecular flexibility index (Phi) is 3.59. The van der Waals surface area contributed by atoms with E-state index in [1.807, 2.05) is 37.6 Å². The molecular formula is C14H18N2O. The van der Waals surface area contributed by atoms with Gasteiger partial charge in [-0.25, -0.2) is 0 Å². The molecule has 0 aliphatic carbocycles. The van der Waals surface area contributed by atoms with Crippen LogP contribution < -0.4 is 5.32 Å². The summed E-state index contributed by atoms with van der Waals surface area (Å²) >= 11 is 0. The van der Waals surface area contributed by atoms with Crippen LogP contribution in [0.3, 0.4) is 0 Å². The molecule has 0 amide bonds. The van der Waals surface area contributed by atoms with E-state index in [1.54, 1.807) is 0 Å². The van der Waals surface area contributed by atoms with Crippen molar-refractivity contribution in [2.24, 2.45) is 0 Å². The van der Waals surface area contributed by atoms with Crippen LogP contribution in [0.25, 0.3) is 0 Å². The van der Waals surface area contributed by atoms with Gasteiger partial charge in [0.25, 0.3) is 0 Å². The summed E-state index contributed by atoms with van der Waals surface area (Å²) in [7, 11) is 1.94. The molecule has 0 aliphatic heterocycles.